The third-order valence-corrected chi connectivity index (χ3v) is 12.2. The van der Waals surface area contributed by atoms with Crippen LogP contribution in [0, 0.1) is 5.92 Å². The van der Waals surface area contributed by atoms with E-state index in [1.165, 1.54) is 30.9 Å². The van der Waals surface area contributed by atoms with Crippen LogP contribution in [0.1, 0.15) is 84.0 Å². The van der Waals surface area contributed by atoms with Gasteiger partial charge in [0.15, 0.2) is 5.78 Å². The van der Waals surface area contributed by atoms with Gasteiger partial charge in [-0.15, -0.1) is 0 Å². The number of amides is 1. The highest BCUT2D eigenvalue weighted by molar-refractivity contribution is 6.09. The van der Waals surface area contributed by atoms with Crippen LogP contribution in [-0.4, -0.2) is 59.2 Å². The summed E-state index contributed by atoms with van der Waals surface area (Å²) >= 11 is 0. The van der Waals surface area contributed by atoms with Crippen molar-refractivity contribution < 1.29 is 14.3 Å². The third-order valence-electron chi connectivity index (χ3n) is 12.2. The number of unbranched alkanes of at least 4 members (excludes halogenated alkanes) is 6. The summed E-state index contributed by atoms with van der Waals surface area (Å²) in [6.07, 6.45) is 8.94. The zero-order valence-corrected chi connectivity index (χ0v) is 34.6. The summed E-state index contributed by atoms with van der Waals surface area (Å²) in [5.74, 6) is 0.404. The van der Waals surface area contributed by atoms with Crippen LogP contribution in [0.5, 0.6) is 5.75 Å². The first-order chi connectivity index (χ1) is 29.4. The fourth-order valence-electron chi connectivity index (χ4n) is 9.14. The van der Waals surface area contributed by atoms with Crippen LogP contribution in [0.3, 0.4) is 0 Å². The highest BCUT2D eigenvalue weighted by Crippen LogP contribution is 2.43. The number of benzene rings is 5. The number of rotatable bonds is 22. The highest BCUT2D eigenvalue weighted by Gasteiger charge is 2.49. The van der Waals surface area contributed by atoms with E-state index in [-0.39, 0.29) is 29.7 Å². The van der Waals surface area contributed by atoms with Crippen LogP contribution in [0.25, 0.3) is 10.9 Å². The van der Waals surface area contributed by atoms with Crippen molar-refractivity contribution in [1.29, 1.82) is 0 Å². The molecular formula is C52H58N4O4. The second-order valence-corrected chi connectivity index (χ2v) is 16.3. The van der Waals surface area contributed by atoms with Crippen molar-refractivity contribution in [3.63, 3.8) is 0 Å². The molecule has 1 aromatic heterocycles. The average molecular weight is 803 g/mol. The highest BCUT2D eigenvalue weighted by atomic mass is 16.5. The number of nitrogens with one attached hydrogen (secondary N) is 1. The van der Waals surface area contributed by atoms with E-state index in [2.05, 4.69) is 51.2 Å². The molecule has 2 heterocycles. The monoisotopic (exact) mass is 802 g/mol. The van der Waals surface area contributed by atoms with Crippen molar-refractivity contribution in [2.75, 3.05) is 32.7 Å². The zero-order chi connectivity index (χ0) is 41.6. The van der Waals surface area contributed by atoms with E-state index in [9.17, 15) is 14.4 Å². The first-order valence-corrected chi connectivity index (χ1v) is 21.7. The summed E-state index contributed by atoms with van der Waals surface area (Å²) in [6.45, 7) is 5.02. The number of nitrogens with two attached hydrogens (primary N) is 1. The molecule has 1 atom stereocenters. The lowest BCUT2D eigenvalue weighted by Gasteiger charge is -2.37. The summed E-state index contributed by atoms with van der Waals surface area (Å²) in [4.78, 5) is 47.5. The lowest BCUT2D eigenvalue weighted by molar-refractivity contribution is -0.123. The Bertz CT molecular complexity index is 2290. The van der Waals surface area contributed by atoms with Gasteiger partial charge in [0.05, 0.1) is 12.1 Å². The van der Waals surface area contributed by atoms with Gasteiger partial charge >= 0.3 is 0 Å². The SMILES string of the molecule is NC(=O)C(c1ccccc1)(c1ccccc1)C1CCN(CCCCCCCCCN(CC(=O)c2ccc(OCc3ccccc3)c3[nH]c(=O)ccc23)Cc2ccccc2)C1. The summed E-state index contributed by atoms with van der Waals surface area (Å²) in [5.41, 5.74) is 10.5. The molecule has 1 amide bonds. The van der Waals surface area contributed by atoms with Crippen molar-refractivity contribution in [3.8, 4) is 5.75 Å². The topological polar surface area (TPSA) is 109 Å². The van der Waals surface area contributed by atoms with Gasteiger partial charge in [-0.05, 0) is 85.3 Å². The Balaban J connectivity index is 0.881. The molecule has 0 spiro atoms. The minimum absolute atomic E-state index is 0.0161. The number of aromatic nitrogens is 1. The van der Waals surface area contributed by atoms with Crippen LogP contribution in [0.4, 0.5) is 0 Å². The number of aromatic amines is 1. The number of likely N-dealkylation sites (tertiary alicyclic amines) is 1. The molecule has 0 bridgehead atoms. The summed E-state index contributed by atoms with van der Waals surface area (Å²) < 4.78 is 6.13. The van der Waals surface area contributed by atoms with Gasteiger partial charge in [-0.3, -0.25) is 19.3 Å². The predicted molar refractivity (Wildman–Crippen MR) is 241 cm³/mol. The number of fused-ring (bicyclic) bond motifs is 1. The van der Waals surface area contributed by atoms with E-state index in [1.807, 2.05) is 91.0 Å². The van der Waals surface area contributed by atoms with E-state index in [1.54, 1.807) is 12.1 Å². The molecule has 8 heteroatoms. The Kier molecular flexibility index (Phi) is 14.7. The number of Topliss-reactive ketones (excluding diaryl/α,β-unsaturated/α-hetero) is 1. The van der Waals surface area contributed by atoms with Gasteiger partial charge in [0, 0.05) is 30.1 Å². The maximum absolute atomic E-state index is 14.0. The Morgan fingerprint density at radius 1 is 0.700 bits per heavy atom. The first-order valence-electron chi connectivity index (χ1n) is 21.7. The number of carbonyl (C=O) groups is 2. The Morgan fingerprint density at radius 3 is 1.92 bits per heavy atom. The van der Waals surface area contributed by atoms with E-state index in [0.29, 0.717) is 35.4 Å². The largest absolute Gasteiger partial charge is 0.487 e. The molecule has 1 aliphatic heterocycles. The van der Waals surface area contributed by atoms with Crippen molar-refractivity contribution in [3.05, 3.63) is 184 Å². The van der Waals surface area contributed by atoms with Gasteiger partial charge < -0.3 is 20.4 Å². The van der Waals surface area contributed by atoms with Crippen molar-refractivity contribution in [1.82, 2.24) is 14.8 Å². The van der Waals surface area contributed by atoms with Gasteiger partial charge in [-0.1, -0.05) is 153 Å². The molecule has 3 N–H and O–H groups in total. The molecule has 1 fully saturated rings. The fourth-order valence-corrected chi connectivity index (χ4v) is 9.14. The summed E-state index contributed by atoms with van der Waals surface area (Å²) in [6, 6.07) is 47.2. The second kappa shape index (κ2) is 20.9. The smallest absolute Gasteiger partial charge is 0.248 e. The molecule has 1 aliphatic rings. The molecule has 7 rings (SSSR count). The molecule has 0 radical (unpaired) electrons. The minimum Gasteiger partial charge on any atom is -0.487 e. The molecule has 310 valence electrons. The van der Waals surface area contributed by atoms with Gasteiger partial charge in [0.2, 0.25) is 11.5 Å². The van der Waals surface area contributed by atoms with Crippen LogP contribution >= 0.6 is 0 Å². The van der Waals surface area contributed by atoms with Crippen LogP contribution in [0.15, 0.2) is 150 Å². The molecule has 0 saturated carbocycles. The lowest BCUT2D eigenvalue weighted by atomic mass is 9.64. The van der Waals surface area contributed by atoms with E-state index < -0.39 is 5.41 Å². The molecule has 0 aliphatic carbocycles. The Labute approximate surface area is 354 Å². The average Bonchev–Trinajstić information content (AvgIpc) is 3.75. The number of primary amides is 1. The maximum atomic E-state index is 14.0. The zero-order valence-electron chi connectivity index (χ0n) is 34.6. The predicted octanol–water partition coefficient (Wildman–Crippen LogP) is 9.32. The number of carbonyl (C=O) groups excluding carboxylic acids is 2. The first kappa shape index (κ1) is 42.3. The number of hydrogen-bond acceptors (Lipinski definition) is 6. The maximum Gasteiger partial charge on any atom is 0.248 e. The molecule has 8 nitrogen and oxygen atoms in total. The van der Waals surface area contributed by atoms with Crippen molar-refractivity contribution >= 4 is 22.6 Å². The van der Waals surface area contributed by atoms with Crippen LogP contribution < -0.4 is 16.0 Å². The number of ether oxygens (including phenoxy) is 1. The van der Waals surface area contributed by atoms with E-state index >= 15 is 0 Å². The number of pyridine rings is 1. The van der Waals surface area contributed by atoms with Crippen molar-refractivity contribution in [2.24, 2.45) is 11.7 Å². The van der Waals surface area contributed by atoms with Gasteiger partial charge in [0.25, 0.3) is 0 Å². The Morgan fingerprint density at radius 2 is 1.28 bits per heavy atom. The van der Waals surface area contributed by atoms with E-state index in [4.69, 9.17) is 10.5 Å². The van der Waals surface area contributed by atoms with Gasteiger partial charge in [0.1, 0.15) is 17.8 Å². The number of H-pyrrole nitrogens is 1. The van der Waals surface area contributed by atoms with E-state index in [0.717, 1.165) is 75.0 Å². The van der Waals surface area contributed by atoms with Gasteiger partial charge in [-0.25, -0.2) is 0 Å². The van der Waals surface area contributed by atoms with Crippen LogP contribution in [-0.2, 0) is 23.4 Å². The molecule has 1 saturated heterocycles. The summed E-state index contributed by atoms with van der Waals surface area (Å²) in [5, 5.41) is 0.688. The molecule has 6 aromatic rings. The second-order valence-electron chi connectivity index (χ2n) is 16.3. The van der Waals surface area contributed by atoms with Gasteiger partial charge in [-0.2, -0.15) is 0 Å². The number of hydrogen-bond donors (Lipinski definition) is 2. The molecule has 1 unspecified atom stereocenters. The standard InChI is InChI=1S/C52H58N4O4/c53-51(59)52(42-24-14-8-15-25-42,43-26-16-9-17-27-43)44-32-35-55(37-44)33-18-4-2-1-3-5-19-34-56(36-40-20-10-6-11-21-40)38-47(57)45-28-30-48(50-46(45)29-31-49(58)54-50)60-39-41-22-12-7-13-23-41/h6-17,20-31,44H,1-5,18-19,32-39H2,(H2,53,59)(H,54,58). The fraction of sp³-hybridized carbons (Fsp3) is 0.327. The summed E-state index contributed by atoms with van der Waals surface area (Å²) in [7, 11) is 0. The molecule has 5 aromatic carbocycles. The molecule has 60 heavy (non-hydrogen) atoms. The quantitative estimate of drug-likeness (QED) is 0.0524. The normalized spacial score (nSPS) is 14.4. The number of ketones is 1. The minimum atomic E-state index is -0.846. The van der Waals surface area contributed by atoms with Crippen molar-refractivity contribution in [2.45, 2.75) is 69.9 Å². The molecular weight excluding hydrogens is 745 g/mol. The lowest BCUT2D eigenvalue weighted by Crippen LogP contribution is -2.49. The Hall–Kier alpha value is -5.83. The number of nitrogens with zero attached hydrogens (tertiary/aromatic N) is 2. The third kappa shape index (κ3) is 10.5. The van der Waals surface area contributed by atoms with Crippen LogP contribution in [0.2, 0.25) is 0 Å².